The van der Waals surface area contributed by atoms with E-state index in [2.05, 4.69) is 9.82 Å². The van der Waals surface area contributed by atoms with Crippen LogP contribution in [0.5, 0.6) is 0 Å². The number of sulfonamides is 1. The molecule has 0 atom stereocenters. The summed E-state index contributed by atoms with van der Waals surface area (Å²) >= 11 is 0. The number of aromatic nitrogens is 2. The molecule has 9 heteroatoms. The SMILES string of the molecule is Cl.NCC1(NS(=O)(=O)c2cnn(C3CCOCC3)c2)CCCC1. The normalized spacial score (nSPS) is 22.0. The first-order valence-electron chi connectivity index (χ1n) is 7.91. The average molecular weight is 365 g/mol. The Morgan fingerprint density at radius 3 is 2.61 bits per heavy atom. The molecule has 0 bridgehead atoms. The Kier molecular flexibility index (Phi) is 6.07. The zero-order valence-electron chi connectivity index (χ0n) is 13.1. The molecule has 132 valence electrons. The fourth-order valence-electron chi connectivity index (χ4n) is 3.35. The third-order valence-corrected chi connectivity index (χ3v) is 6.29. The predicted molar refractivity (Wildman–Crippen MR) is 89.1 cm³/mol. The standard InChI is InChI=1S/C14H24N4O3S.ClH/c15-11-14(5-1-2-6-14)17-22(19,20)13-9-16-18(10-13)12-3-7-21-8-4-12;/h9-10,12,17H,1-8,11,15H2;1H. The summed E-state index contributed by atoms with van der Waals surface area (Å²) in [6.45, 7) is 1.72. The van der Waals surface area contributed by atoms with Crippen LogP contribution in [0, 0.1) is 0 Å². The van der Waals surface area contributed by atoms with Gasteiger partial charge in [0.1, 0.15) is 4.90 Å². The number of hydrogen-bond donors (Lipinski definition) is 2. The lowest BCUT2D eigenvalue weighted by atomic mass is 10.0. The molecule has 2 aliphatic rings. The highest BCUT2D eigenvalue weighted by molar-refractivity contribution is 7.89. The lowest BCUT2D eigenvalue weighted by molar-refractivity contribution is 0.0662. The molecule has 2 heterocycles. The molecule has 0 radical (unpaired) electrons. The van der Waals surface area contributed by atoms with Crippen LogP contribution in [-0.4, -0.2) is 43.5 Å². The molecule has 7 nitrogen and oxygen atoms in total. The van der Waals surface area contributed by atoms with Crippen molar-refractivity contribution in [3.8, 4) is 0 Å². The molecule has 1 saturated carbocycles. The van der Waals surface area contributed by atoms with Crippen LogP contribution in [0.25, 0.3) is 0 Å². The summed E-state index contributed by atoms with van der Waals surface area (Å²) in [5.41, 5.74) is 5.33. The largest absolute Gasteiger partial charge is 0.381 e. The maximum absolute atomic E-state index is 12.6. The number of rotatable bonds is 5. The highest BCUT2D eigenvalue weighted by atomic mass is 35.5. The van der Waals surface area contributed by atoms with Crippen LogP contribution in [0.1, 0.15) is 44.6 Å². The highest BCUT2D eigenvalue weighted by Crippen LogP contribution is 2.30. The smallest absolute Gasteiger partial charge is 0.244 e. The fourth-order valence-corrected chi connectivity index (χ4v) is 4.76. The number of hydrogen-bond acceptors (Lipinski definition) is 5. The van der Waals surface area contributed by atoms with Gasteiger partial charge in [-0.25, -0.2) is 13.1 Å². The van der Waals surface area contributed by atoms with Crippen LogP contribution >= 0.6 is 12.4 Å². The molecule has 0 unspecified atom stereocenters. The van der Waals surface area contributed by atoms with E-state index in [-0.39, 0.29) is 23.3 Å². The van der Waals surface area contributed by atoms with Crippen LogP contribution in [0.15, 0.2) is 17.3 Å². The van der Waals surface area contributed by atoms with Crippen molar-refractivity contribution in [2.24, 2.45) is 5.73 Å². The van der Waals surface area contributed by atoms with Gasteiger partial charge in [-0.2, -0.15) is 5.10 Å². The first kappa shape index (κ1) is 18.7. The van der Waals surface area contributed by atoms with Crippen molar-refractivity contribution in [3.05, 3.63) is 12.4 Å². The number of halogens is 1. The van der Waals surface area contributed by atoms with Crippen LogP contribution in [0.2, 0.25) is 0 Å². The molecule has 1 aliphatic carbocycles. The summed E-state index contributed by atoms with van der Waals surface area (Å²) in [5, 5.41) is 4.24. The van der Waals surface area contributed by atoms with E-state index in [0.29, 0.717) is 19.8 Å². The third kappa shape index (κ3) is 4.06. The summed E-state index contributed by atoms with van der Waals surface area (Å²) in [6.07, 6.45) is 8.41. The molecule has 0 amide bonds. The molecule has 1 aromatic heterocycles. The van der Waals surface area contributed by atoms with Gasteiger partial charge >= 0.3 is 0 Å². The number of ether oxygens (including phenoxy) is 1. The van der Waals surface area contributed by atoms with E-state index in [1.54, 1.807) is 10.9 Å². The molecule has 1 saturated heterocycles. The van der Waals surface area contributed by atoms with E-state index < -0.39 is 15.6 Å². The van der Waals surface area contributed by atoms with Crippen LogP contribution in [0.4, 0.5) is 0 Å². The van der Waals surface area contributed by atoms with Crippen molar-refractivity contribution in [3.63, 3.8) is 0 Å². The minimum Gasteiger partial charge on any atom is -0.381 e. The Morgan fingerprint density at radius 2 is 2.00 bits per heavy atom. The Labute approximate surface area is 143 Å². The lowest BCUT2D eigenvalue weighted by Crippen LogP contribution is -2.51. The van der Waals surface area contributed by atoms with Gasteiger partial charge in [-0.05, 0) is 25.7 Å². The van der Waals surface area contributed by atoms with Gasteiger partial charge in [0.2, 0.25) is 10.0 Å². The molecule has 23 heavy (non-hydrogen) atoms. The highest BCUT2D eigenvalue weighted by Gasteiger charge is 2.37. The van der Waals surface area contributed by atoms with Crippen LogP contribution in [-0.2, 0) is 14.8 Å². The maximum Gasteiger partial charge on any atom is 0.244 e. The number of nitrogens with zero attached hydrogens (tertiary/aromatic N) is 2. The van der Waals surface area contributed by atoms with Gasteiger partial charge in [-0.1, -0.05) is 12.8 Å². The van der Waals surface area contributed by atoms with E-state index in [0.717, 1.165) is 38.5 Å². The molecule has 1 aromatic rings. The lowest BCUT2D eigenvalue weighted by Gasteiger charge is -2.27. The second-order valence-electron chi connectivity index (χ2n) is 6.30. The Hall–Kier alpha value is -0.670. The van der Waals surface area contributed by atoms with Crippen molar-refractivity contribution in [2.75, 3.05) is 19.8 Å². The van der Waals surface area contributed by atoms with Crippen LogP contribution in [0.3, 0.4) is 0 Å². The van der Waals surface area contributed by atoms with Gasteiger partial charge in [0.05, 0.1) is 12.2 Å². The van der Waals surface area contributed by atoms with Crippen LogP contribution < -0.4 is 10.5 Å². The molecule has 3 rings (SSSR count). The number of nitrogens with two attached hydrogens (primary N) is 1. The second-order valence-corrected chi connectivity index (χ2v) is 7.98. The molecular formula is C14H25ClN4O3S. The van der Waals surface area contributed by atoms with E-state index in [9.17, 15) is 8.42 Å². The van der Waals surface area contributed by atoms with Crippen molar-refractivity contribution < 1.29 is 13.2 Å². The molecule has 3 N–H and O–H groups in total. The topological polar surface area (TPSA) is 99.2 Å². The molecule has 1 aliphatic heterocycles. The van der Waals surface area contributed by atoms with E-state index in [1.165, 1.54) is 6.20 Å². The monoisotopic (exact) mass is 364 g/mol. The first-order valence-corrected chi connectivity index (χ1v) is 9.39. The maximum atomic E-state index is 12.6. The quantitative estimate of drug-likeness (QED) is 0.818. The molecule has 0 spiro atoms. The van der Waals surface area contributed by atoms with Gasteiger partial charge in [0.25, 0.3) is 0 Å². The number of nitrogens with one attached hydrogen (secondary N) is 1. The van der Waals surface area contributed by atoms with Crippen molar-refractivity contribution >= 4 is 22.4 Å². The van der Waals surface area contributed by atoms with Gasteiger partial charge in [-0.15, -0.1) is 12.4 Å². The van der Waals surface area contributed by atoms with E-state index >= 15 is 0 Å². The van der Waals surface area contributed by atoms with Gasteiger partial charge < -0.3 is 10.5 Å². The average Bonchev–Trinajstić information content (AvgIpc) is 3.18. The van der Waals surface area contributed by atoms with E-state index in [1.807, 2.05) is 0 Å². The summed E-state index contributed by atoms with van der Waals surface area (Å²) in [4.78, 5) is 0.221. The van der Waals surface area contributed by atoms with Gasteiger partial charge in [0, 0.05) is 31.5 Å². The molecule has 0 aromatic carbocycles. The summed E-state index contributed by atoms with van der Waals surface area (Å²) in [6, 6.07) is 0.215. The minimum absolute atomic E-state index is 0. The molecular weight excluding hydrogens is 340 g/mol. The second kappa shape index (κ2) is 7.48. The Morgan fingerprint density at radius 1 is 1.35 bits per heavy atom. The predicted octanol–water partition coefficient (Wildman–Crippen LogP) is 1.21. The Balaban J connectivity index is 0.00000192. The van der Waals surface area contributed by atoms with E-state index in [4.69, 9.17) is 10.5 Å². The van der Waals surface area contributed by atoms with Crippen molar-refractivity contribution in [1.29, 1.82) is 0 Å². The van der Waals surface area contributed by atoms with Gasteiger partial charge in [0.15, 0.2) is 0 Å². The Bertz CT molecular complexity index is 607. The van der Waals surface area contributed by atoms with Gasteiger partial charge in [-0.3, -0.25) is 4.68 Å². The third-order valence-electron chi connectivity index (χ3n) is 4.76. The fraction of sp³-hybridized carbons (Fsp3) is 0.786. The zero-order chi connectivity index (χ0) is 15.6. The summed E-state index contributed by atoms with van der Waals surface area (Å²) < 4.78 is 35.1. The zero-order valence-corrected chi connectivity index (χ0v) is 14.7. The minimum atomic E-state index is -3.58. The molecule has 2 fully saturated rings. The first-order chi connectivity index (χ1) is 10.5. The summed E-state index contributed by atoms with van der Waals surface area (Å²) in [7, 11) is -3.58. The summed E-state index contributed by atoms with van der Waals surface area (Å²) in [5.74, 6) is 0. The van der Waals surface area contributed by atoms with Crippen molar-refractivity contribution in [2.45, 2.75) is 55.0 Å². The van der Waals surface area contributed by atoms with Crippen molar-refractivity contribution in [1.82, 2.24) is 14.5 Å².